The number of rotatable bonds is 6. The van der Waals surface area contributed by atoms with E-state index in [9.17, 15) is 13.6 Å². The minimum Gasteiger partial charge on any atom is -0.368 e. The molecule has 0 atom stereocenters. The molecule has 3 aromatic carbocycles. The Morgan fingerprint density at radius 3 is 2.00 bits per heavy atom. The standard InChI is InChI=1S/C26H23F2N5OS/c27-20-6-10-22(11-7-20)31-14-16-32(17-15-31)24(34)18-35-26-30-29-25(19-4-2-1-3-5-19)33(26)23-12-8-21(28)9-13-23/h1-13H,14-18H2. The molecule has 1 saturated heterocycles. The molecule has 35 heavy (non-hydrogen) atoms. The Bertz CT molecular complexity index is 1290. The summed E-state index contributed by atoms with van der Waals surface area (Å²) in [6.07, 6.45) is 0. The number of carbonyl (C=O) groups is 1. The average molecular weight is 492 g/mol. The lowest BCUT2D eigenvalue weighted by Crippen LogP contribution is -2.49. The minimum absolute atomic E-state index is 0.0173. The van der Waals surface area contributed by atoms with E-state index in [2.05, 4.69) is 15.1 Å². The molecular weight excluding hydrogens is 468 g/mol. The number of benzene rings is 3. The van der Waals surface area contributed by atoms with Crippen LogP contribution in [0.4, 0.5) is 14.5 Å². The van der Waals surface area contributed by atoms with Crippen LogP contribution in [-0.4, -0.2) is 57.5 Å². The molecule has 1 fully saturated rings. The Kier molecular flexibility index (Phi) is 6.76. The first kappa shape index (κ1) is 23.0. The summed E-state index contributed by atoms with van der Waals surface area (Å²) in [4.78, 5) is 16.9. The lowest BCUT2D eigenvalue weighted by atomic mass is 10.2. The zero-order valence-corrected chi connectivity index (χ0v) is 19.7. The van der Waals surface area contributed by atoms with Crippen molar-refractivity contribution in [1.29, 1.82) is 0 Å². The molecule has 0 bridgehead atoms. The van der Waals surface area contributed by atoms with E-state index in [1.165, 1.54) is 36.0 Å². The van der Waals surface area contributed by atoms with Crippen molar-refractivity contribution in [2.75, 3.05) is 36.8 Å². The summed E-state index contributed by atoms with van der Waals surface area (Å²) < 4.78 is 28.6. The maximum Gasteiger partial charge on any atom is 0.233 e. The van der Waals surface area contributed by atoms with E-state index in [4.69, 9.17) is 0 Å². The van der Waals surface area contributed by atoms with Crippen molar-refractivity contribution in [3.05, 3.63) is 90.5 Å². The number of thioether (sulfide) groups is 1. The van der Waals surface area contributed by atoms with E-state index in [1.807, 2.05) is 39.8 Å². The van der Waals surface area contributed by atoms with Gasteiger partial charge in [-0.25, -0.2) is 8.78 Å². The molecule has 4 aromatic rings. The Hall–Kier alpha value is -3.72. The first-order valence-corrected chi connectivity index (χ1v) is 12.2. The van der Waals surface area contributed by atoms with E-state index in [1.54, 1.807) is 24.3 Å². The number of piperazine rings is 1. The average Bonchev–Trinajstić information content (AvgIpc) is 3.33. The van der Waals surface area contributed by atoms with Crippen LogP contribution in [0.2, 0.25) is 0 Å². The minimum atomic E-state index is -0.327. The van der Waals surface area contributed by atoms with E-state index < -0.39 is 0 Å². The maximum absolute atomic E-state index is 13.5. The number of nitrogens with zero attached hydrogens (tertiary/aromatic N) is 5. The van der Waals surface area contributed by atoms with Crippen molar-refractivity contribution < 1.29 is 13.6 Å². The van der Waals surface area contributed by atoms with Gasteiger partial charge in [-0.3, -0.25) is 9.36 Å². The fourth-order valence-electron chi connectivity index (χ4n) is 4.04. The molecule has 0 saturated carbocycles. The van der Waals surface area contributed by atoms with Gasteiger partial charge in [0.15, 0.2) is 11.0 Å². The highest BCUT2D eigenvalue weighted by atomic mass is 32.2. The third-order valence-electron chi connectivity index (χ3n) is 5.90. The van der Waals surface area contributed by atoms with E-state index in [0.29, 0.717) is 37.2 Å². The van der Waals surface area contributed by atoms with Crippen molar-refractivity contribution in [1.82, 2.24) is 19.7 Å². The predicted octanol–water partition coefficient (Wildman–Crippen LogP) is 4.65. The van der Waals surface area contributed by atoms with Gasteiger partial charge in [0.25, 0.3) is 0 Å². The summed E-state index contributed by atoms with van der Waals surface area (Å²) in [5.74, 6) is 0.268. The summed E-state index contributed by atoms with van der Waals surface area (Å²) in [6, 6.07) is 22.2. The number of hydrogen-bond donors (Lipinski definition) is 0. The number of carbonyl (C=O) groups excluding carboxylic acids is 1. The van der Waals surface area contributed by atoms with Crippen molar-refractivity contribution in [3.8, 4) is 17.1 Å². The molecule has 0 spiro atoms. The van der Waals surface area contributed by atoms with E-state index in [0.717, 1.165) is 16.9 Å². The molecule has 0 aliphatic carbocycles. The van der Waals surface area contributed by atoms with E-state index in [-0.39, 0.29) is 23.3 Å². The van der Waals surface area contributed by atoms with Crippen LogP contribution >= 0.6 is 11.8 Å². The Morgan fingerprint density at radius 2 is 1.37 bits per heavy atom. The van der Waals surface area contributed by atoms with Gasteiger partial charge in [0, 0.05) is 43.1 Å². The topological polar surface area (TPSA) is 54.3 Å². The summed E-state index contributed by atoms with van der Waals surface area (Å²) in [5.41, 5.74) is 2.55. The molecule has 0 unspecified atom stereocenters. The monoisotopic (exact) mass is 491 g/mol. The first-order valence-electron chi connectivity index (χ1n) is 11.3. The van der Waals surface area contributed by atoms with Gasteiger partial charge in [-0.15, -0.1) is 10.2 Å². The van der Waals surface area contributed by atoms with Crippen molar-refractivity contribution in [2.24, 2.45) is 0 Å². The molecule has 1 aliphatic heterocycles. The molecular formula is C26H23F2N5OS. The number of hydrogen-bond acceptors (Lipinski definition) is 5. The van der Waals surface area contributed by atoms with Crippen LogP contribution in [0.5, 0.6) is 0 Å². The van der Waals surface area contributed by atoms with Gasteiger partial charge in [0.1, 0.15) is 11.6 Å². The highest BCUT2D eigenvalue weighted by Gasteiger charge is 2.23. The fraction of sp³-hybridized carbons (Fsp3) is 0.192. The van der Waals surface area contributed by atoms with Gasteiger partial charge in [-0.05, 0) is 48.5 Å². The van der Waals surface area contributed by atoms with Gasteiger partial charge in [-0.1, -0.05) is 42.1 Å². The van der Waals surface area contributed by atoms with Crippen LogP contribution in [0.25, 0.3) is 17.1 Å². The highest BCUT2D eigenvalue weighted by Crippen LogP contribution is 2.28. The van der Waals surface area contributed by atoms with Gasteiger partial charge in [-0.2, -0.15) is 0 Å². The lowest BCUT2D eigenvalue weighted by molar-refractivity contribution is -0.128. The predicted molar refractivity (Wildman–Crippen MR) is 133 cm³/mol. The molecule has 6 nitrogen and oxygen atoms in total. The van der Waals surface area contributed by atoms with Crippen LogP contribution in [0.3, 0.4) is 0 Å². The van der Waals surface area contributed by atoms with Crippen LogP contribution in [0.15, 0.2) is 84.0 Å². The molecule has 0 radical (unpaired) electrons. The van der Waals surface area contributed by atoms with Crippen LogP contribution in [0, 0.1) is 11.6 Å². The van der Waals surface area contributed by atoms with Gasteiger partial charge >= 0.3 is 0 Å². The highest BCUT2D eigenvalue weighted by molar-refractivity contribution is 7.99. The van der Waals surface area contributed by atoms with Crippen molar-refractivity contribution in [3.63, 3.8) is 0 Å². The van der Waals surface area contributed by atoms with Gasteiger partial charge in [0.05, 0.1) is 5.75 Å². The summed E-state index contributed by atoms with van der Waals surface area (Å²) in [7, 11) is 0. The van der Waals surface area contributed by atoms with Crippen LogP contribution < -0.4 is 4.90 Å². The smallest absolute Gasteiger partial charge is 0.233 e. The quantitative estimate of drug-likeness (QED) is 0.368. The number of aromatic nitrogens is 3. The second kappa shape index (κ2) is 10.3. The fourth-order valence-corrected chi connectivity index (χ4v) is 4.90. The molecule has 178 valence electrons. The van der Waals surface area contributed by atoms with Crippen LogP contribution in [-0.2, 0) is 4.79 Å². The molecule has 9 heteroatoms. The Balaban J connectivity index is 1.28. The molecule has 2 heterocycles. The summed E-state index contributed by atoms with van der Waals surface area (Å²) in [6.45, 7) is 2.56. The lowest BCUT2D eigenvalue weighted by Gasteiger charge is -2.36. The SMILES string of the molecule is O=C(CSc1nnc(-c2ccccc2)n1-c1ccc(F)cc1)N1CCN(c2ccc(F)cc2)CC1. The molecule has 1 aromatic heterocycles. The number of halogens is 2. The number of anilines is 1. The van der Waals surface area contributed by atoms with Crippen molar-refractivity contribution in [2.45, 2.75) is 5.16 Å². The van der Waals surface area contributed by atoms with Crippen molar-refractivity contribution >= 4 is 23.4 Å². The molecule has 1 aliphatic rings. The summed E-state index contributed by atoms with van der Waals surface area (Å²) in [5, 5.41) is 9.27. The van der Waals surface area contributed by atoms with Gasteiger partial charge < -0.3 is 9.80 Å². The Labute approximate surface area is 206 Å². The van der Waals surface area contributed by atoms with Gasteiger partial charge in [0.2, 0.25) is 5.91 Å². The number of amides is 1. The maximum atomic E-state index is 13.5. The third kappa shape index (κ3) is 5.19. The Morgan fingerprint density at radius 1 is 0.771 bits per heavy atom. The second-order valence-corrected chi connectivity index (χ2v) is 9.06. The normalized spacial score (nSPS) is 13.8. The molecule has 5 rings (SSSR count). The van der Waals surface area contributed by atoms with E-state index >= 15 is 0 Å². The summed E-state index contributed by atoms with van der Waals surface area (Å²) >= 11 is 1.31. The third-order valence-corrected chi connectivity index (χ3v) is 6.81. The first-order chi connectivity index (χ1) is 17.1. The largest absolute Gasteiger partial charge is 0.368 e. The second-order valence-electron chi connectivity index (χ2n) is 8.12. The zero-order valence-electron chi connectivity index (χ0n) is 18.8. The van der Waals surface area contributed by atoms with Crippen LogP contribution in [0.1, 0.15) is 0 Å². The molecule has 1 amide bonds. The zero-order chi connectivity index (χ0) is 24.2. The molecule has 0 N–H and O–H groups in total.